The Bertz CT molecular complexity index is 1510. The molecule has 0 saturated carbocycles. The SMILES string of the molecule is COc1ccccc1C1C=C(c2ccc(Br)cc2)Nc2nc(NS(=O)(=O)c3ccc(C)cc3)nn21. The number of hydrogen-bond acceptors (Lipinski definition) is 6. The van der Waals surface area contributed by atoms with Crippen molar-refractivity contribution in [3.63, 3.8) is 0 Å². The molecule has 4 aromatic rings. The third-order valence-electron chi connectivity index (χ3n) is 5.64. The lowest BCUT2D eigenvalue weighted by Crippen LogP contribution is -2.20. The molecule has 0 saturated heterocycles. The molecule has 0 radical (unpaired) electrons. The van der Waals surface area contributed by atoms with Crippen LogP contribution in [0.5, 0.6) is 5.75 Å². The lowest BCUT2D eigenvalue weighted by Gasteiger charge is -2.25. The molecule has 2 N–H and O–H groups in total. The molecule has 178 valence electrons. The number of benzene rings is 3. The van der Waals surface area contributed by atoms with Crippen molar-refractivity contribution in [2.75, 3.05) is 17.1 Å². The number of aryl methyl sites for hydroxylation is 1. The molecule has 2 heterocycles. The number of nitrogens with one attached hydrogen (secondary N) is 2. The maximum absolute atomic E-state index is 12.9. The molecule has 8 nitrogen and oxygen atoms in total. The summed E-state index contributed by atoms with van der Waals surface area (Å²) in [6.07, 6.45) is 2.01. The normalized spacial score (nSPS) is 15.1. The van der Waals surface area contributed by atoms with Gasteiger partial charge in [-0.25, -0.2) is 17.8 Å². The lowest BCUT2D eigenvalue weighted by molar-refractivity contribution is 0.404. The van der Waals surface area contributed by atoms with E-state index in [0.29, 0.717) is 11.7 Å². The Morgan fingerprint density at radius 1 is 1.03 bits per heavy atom. The number of allylic oxidation sites excluding steroid dienone is 1. The first-order valence-corrected chi connectivity index (χ1v) is 13.1. The number of para-hydroxylation sites is 1. The molecule has 0 bridgehead atoms. The highest BCUT2D eigenvalue weighted by molar-refractivity contribution is 9.10. The topological polar surface area (TPSA) is 98.1 Å². The number of rotatable bonds is 6. The highest BCUT2D eigenvalue weighted by Gasteiger charge is 2.28. The van der Waals surface area contributed by atoms with E-state index in [-0.39, 0.29) is 16.9 Å². The Balaban J connectivity index is 1.56. The second-order valence-corrected chi connectivity index (χ2v) is 10.6. The van der Waals surface area contributed by atoms with E-state index in [4.69, 9.17) is 4.74 Å². The molecule has 35 heavy (non-hydrogen) atoms. The molecule has 0 aliphatic carbocycles. The molecular formula is C25H22BrN5O3S. The van der Waals surface area contributed by atoms with Gasteiger partial charge >= 0.3 is 0 Å². The van der Waals surface area contributed by atoms with Crippen LogP contribution in [0.25, 0.3) is 5.70 Å². The summed E-state index contributed by atoms with van der Waals surface area (Å²) >= 11 is 3.47. The first-order chi connectivity index (χ1) is 16.8. The summed E-state index contributed by atoms with van der Waals surface area (Å²) in [5.74, 6) is 1.07. The van der Waals surface area contributed by atoms with Gasteiger partial charge in [0.25, 0.3) is 16.0 Å². The van der Waals surface area contributed by atoms with E-state index in [0.717, 1.165) is 26.9 Å². The smallest absolute Gasteiger partial charge is 0.264 e. The number of sulfonamides is 1. The molecule has 1 aliphatic rings. The molecule has 10 heteroatoms. The van der Waals surface area contributed by atoms with Gasteiger partial charge in [0.15, 0.2) is 0 Å². The molecular weight excluding hydrogens is 530 g/mol. The minimum absolute atomic E-state index is 0.0292. The largest absolute Gasteiger partial charge is 0.496 e. The monoisotopic (exact) mass is 551 g/mol. The van der Waals surface area contributed by atoms with E-state index < -0.39 is 10.0 Å². The number of fused-ring (bicyclic) bond motifs is 1. The van der Waals surface area contributed by atoms with E-state index in [1.54, 1.807) is 36.1 Å². The van der Waals surface area contributed by atoms with Crippen LogP contribution in [0.15, 0.2) is 88.2 Å². The van der Waals surface area contributed by atoms with Crippen molar-refractivity contribution in [1.82, 2.24) is 14.8 Å². The van der Waals surface area contributed by atoms with Crippen molar-refractivity contribution >= 4 is 43.5 Å². The summed E-state index contributed by atoms with van der Waals surface area (Å²) in [5.41, 5.74) is 3.60. The van der Waals surface area contributed by atoms with Crippen molar-refractivity contribution in [3.8, 4) is 5.75 Å². The fourth-order valence-electron chi connectivity index (χ4n) is 3.86. The van der Waals surface area contributed by atoms with E-state index in [2.05, 4.69) is 36.1 Å². The minimum Gasteiger partial charge on any atom is -0.496 e. The summed E-state index contributed by atoms with van der Waals surface area (Å²) in [6.45, 7) is 1.90. The second kappa shape index (κ2) is 9.20. The van der Waals surface area contributed by atoms with Gasteiger partial charge in [-0.15, -0.1) is 5.10 Å². The van der Waals surface area contributed by atoms with E-state index >= 15 is 0 Å². The summed E-state index contributed by atoms with van der Waals surface area (Å²) in [5, 5.41) is 7.78. The molecule has 1 atom stereocenters. The van der Waals surface area contributed by atoms with Gasteiger partial charge in [0, 0.05) is 15.7 Å². The zero-order chi connectivity index (χ0) is 24.6. The van der Waals surface area contributed by atoms with Gasteiger partial charge in [-0.3, -0.25) is 0 Å². The van der Waals surface area contributed by atoms with E-state index in [9.17, 15) is 8.42 Å². The number of methoxy groups -OCH3 is 1. The summed E-state index contributed by atoms with van der Waals surface area (Å²) in [6, 6.07) is 21.7. The van der Waals surface area contributed by atoms with Gasteiger partial charge in [0.2, 0.25) is 5.95 Å². The van der Waals surface area contributed by atoms with Crippen molar-refractivity contribution in [2.45, 2.75) is 17.9 Å². The molecule has 3 aromatic carbocycles. The zero-order valence-corrected chi connectivity index (χ0v) is 21.3. The molecule has 1 unspecified atom stereocenters. The van der Waals surface area contributed by atoms with Crippen molar-refractivity contribution in [1.29, 1.82) is 0 Å². The summed E-state index contributed by atoms with van der Waals surface area (Å²) in [4.78, 5) is 4.60. The number of nitrogens with zero attached hydrogens (tertiary/aromatic N) is 3. The second-order valence-electron chi connectivity index (χ2n) is 8.02. The van der Waals surface area contributed by atoms with Crippen LogP contribution in [0.4, 0.5) is 11.9 Å². The Morgan fingerprint density at radius 2 is 1.74 bits per heavy atom. The van der Waals surface area contributed by atoms with Gasteiger partial charge in [0.1, 0.15) is 11.8 Å². The maximum Gasteiger partial charge on any atom is 0.264 e. The molecule has 0 amide bonds. The number of anilines is 2. The quantitative estimate of drug-likeness (QED) is 0.341. The van der Waals surface area contributed by atoms with Crippen molar-refractivity contribution < 1.29 is 13.2 Å². The highest BCUT2D eigenvalue weighted by atomic mass is 79.9. The Labute approximate surface area is 211 Å². The summed E-state index contributed by atoms with van der Waals surface area (Å²) in [7, 11) is -2.24. The van der Waals surface area contributed by atoms with E-state index in [1.807, 2.05) is 61.5 Å². The minimum atomic E-state index is -3.86. The number of aromatic nitrogens is 3. The molecule has 5 rings (SSSR count). The van der Waals surface area contributed by atoms with Crippen LogP contribution in [0.2, 0.25) is 0 Å². The molecule has 0 spiro atoms. The molecule has 1 aliphatic heterocycles. The van der Waals surface area contributed by atoms with Crippen LogP contribution in [-0.2, 0) is 10.0 Å². The average molecular weight is 552 g/mol. The molecule has 0 fully saturated rings. The van der Waals surface area contributed by atoms with Crippen LogP contribution in [0.3, 0.4) is 0 Å². The van der Waals surface area contributed by atoms with Crippen LogP contribution in [-0.4, -0.2) is 30.3 Å². The van der Waals surface area contributed by atoms with Crippen LogP contribution in [0, 0.1) is 6.92 Å². The third kappa shape index (κ3) is 4.67. The molecule has 1 aromatic heterocycles. The van der Waals surface area contributed by atoms with E-state index in [1.165, 1.54) is 0 Å². The van der Waals surface area contributed by atoms with Gasteiger partial charge in [-0.05, 0) is 48.9 Å². The average Bonchev–Trinajstić information content (AvgIpc) is 3.25. The number of hydrogen-bond donors (Lipinski definition) is 2. The van der Waals surface area contributed by atoms with Crippen molar-refractivity contribution in [2.24, 2.45) is 0 Å². The zero-order valence-electron chi connectivity index (χ0n) is 18.9. The van der Waals surface area contributed by atoms with Crippen LogP contribution >= 0.6 is 15.9 Å². The van der Waals surface area contributed by atoms with Gasteiger partial charge in [0.05, 0.1) is 12.0 Å². The van der Waals surface area contributed by atoms with Crippen LogP contribution in [0.1, 0.15) is 22.7 Å². The van der Waals surface area contributed by atoms with Crippen LogP contribution < -0.4 is 14.8 Å². The highest BCUT2D eigenvalue weighted by Crippen LogP contribution is 2.37. The van der Waals surface area contributed by atoms with Gasteiger partial charge in [-0.2, -0.15) is 4.98 Å². The number of halogens is 1. The predicted octanol–water partition coefficient (Wildman–Crippen LogP) is 5.21. The summed E-state index contributed by atoms with van der Waals surface area (Å²) < 4.78 is 36.6. The predicted molar refractivity (Wildman–Crippen MR) is 139 cm³/mol. The van der Waals surface area contributed by atoms with Crippen molar-refractivity contribution in [3.05, 3.63) is 100 Å². The number of ether oxygens (including phenoxy) is 1. The Morgan fingerprint density at radius 3 is 2.46 bits per heavy atom. The lowest BCUT2D eigenvalue weighted by atomic mass is 10.0. The van der Waals surface area contributed by atoms with Gasteiger partial charge < -0.3 is 10.1 Å². The third-order valence-corrected chi connectivity index (χ3v) is 7.51. The standard InChI is InChI=1S/C25H22BrN5O3S/c1-16-7-13-19(14-8-16)35(32,33)30-24-28-25-27-21(17-9-11-18(26)12-10-17)15-22(31(25)29-24)20-5-3-4-6-23(20)34-2/h3-15,22H,1-2H3,(H2,27,28,29,30). The Kier molecular flexibility index (Phi) is 6.08. The Hall–Kier alpha value is -3.63. The fourth-order valence-corrected chi connectivity index (χ4v) is 5.07. The first-order valence-electron chi connectivity index (χ1n) is 10.8. The maximum atomic E-state index is 12.9. The first kappa shape index (κ1) is 23.1. The van der Waals surface area contributed by atoms with Gasteiger partial charge in [-0.1, -0.05) is 64.0 Å². The fraction of sp³-hybridized carbons (Fsp3) is 0.120.